The van der Waals surface area contributed by atoms with E-state index in [1.54, 1.807) is 43.8 Å². The lowest BCUT2D eigenvalue weighted by atomic mass is 10.1. The van der Waals surface area contributed by atoms with E-state index in [2.05, 4.69) is 20.6 Å². The topological polar surface area (TPSA) is 97.5 Å². The molecule has 0 aliphatic rings. The van der Waals surface area contributed by atoms with E-state index in [0.29, 0.717) is 29.4 Å². The van der Waals surface area contributed by atoms with Crippen LogP contribution in [0.2, 0.25) is 0 Å². The van der Waals surface area contributed by atoms with Gasteiger partial charge in [-0.1, -0.05) is 0 Å². The van der Waals surface area contributed by atoms with Gasteiger partial charge in [-0.25, -0.2) is 14.2 Å². The molecule has 5 aromatic rings. The molecule has 0 bridgehead atoms. The van der Waals surface area contributed by atoms with Crippen LogP contribution in [0.15, 0.2) is 85.2 Å². The molecule has 0 unspecified atom stereocenters. The SMILES string of the molecule is COCc1cnc2[nH]ccc2c1Oc1ccc(NC(=O)Nc2ccc(Oc3ccc(F)cc3)c(C(F)(F)F)c2)cc1. The standard InChI is InChI=1S/C29H22F4N4O4/c1-39-16-17-15-35-27-23(12-13-34-27)26(17)41-22-9-4-19(5-10-22)36-28(38)37-20-6-11-25(24(14-20)29(31,32)33)40-21-7-2-18(30)3-8-21/h2-15H,16H2,1H3,(H,34,35)(H2,36,37,38). The zero-order valence-electron chi connectivity index (χ0n) is 21.4. The highest BCUT2D eigenvalue weighted by Crippen LogP contribution is 2.40. The normalized spacial score (nSPS) is 11.3. The molecule has 3 aromatic carbocycles. The van der Waals surface area contributed by atoms with Crippen molar-refractivity contribution in [2.45, 2.75) is 12.8 Å². The number of carbonyl (C=O) groups is 1. The quantitative estimate of drug-likeness (QED) is 0.165. The van der Waals surface area contributed by atoms with Crippen molar-refractivity contribution in [3.05, 3.63) is 102 Å². The molecular formula is C29H22F4N4O4. The molecule has 3 N–H and O–H groups in total. The van der Waals surface area contributed by atoms with Gasteiger partial charge in [0.2, 0.25) is 0 Å². The number of fused-ring (bicyclic) bond motifs is 1. The van der Waals surface area contributed by atoms with Crippen molar-refractivity contribution in [2.75, 3.05) is 17.7 Å². The van der Waals surface area contributed by atoms with Gasteiger partial charge in [0.05, 0.1) is 12.0 Å². The Morgan fingerprint density at radius 3 is 2.27 bits per heavy atom. The number of rotatable bonds is 8. The third kappa shape index (κ3) is 6.56. The van der Waals surface area contributed by atoms with E-state index in [1.807, 2.05) is 6.07 Å². The molecule has 0 spiro atoms. The first-order valence-electron chi connectivity index (χ1n) is 12.1. The lowest BCUT2D eigenvalue weighted by Crippen LogP contribution is -2.20. The van der Waals surface area contributed by atoms with Crippen LogP contribution in [0.25, 0.3) is 11.0 Å². The van der Waals surface area contributed by atoms with Gasteiger partial charge in [-0.05, 0) is 72.8 Å². The van der Waals surface area contributed by atoms with E-state index in [0.717, 1.165) is 35.2 Å². The van der Waals surface area contributed by atoms with Crippen LogP contribution in [0.5, 0.6) is 23.0 Å². The monoisotopic (exact) mass is 566 g/mol. The van der Waals surface area contributed by atoms with E-state index in [1.165, 1.54) is 18.2 Å². The number of hydrogen-bond acceptors (Lipinski definition) is 5. The summed E-state index contributed by atoms with van der Waals surface area (Å²) in [5, 5.41) is 5.72. The van der Waals surface area contributed by atoms with Crippen molar-refractivity contribution < 1.29 is 36.6 Å². The van der Waals surface area contributed by atoms with Gasteiger partial charge in [0, 0.05) is 36.4 Å². The third-order valence-electron chi connectivity index (χ3n) is 5.83. The van der Waals surface area contributed by atoms with Gasteiger partial charge in [-0.2, -0.15) is 13.2 Å². The number of H-pyrrole nitrogens is 1. The minimum atomic E-state index is -4.77. The van der Waals surface area contributed by atoms with Gasteiger partial charge in [-0.15, -0.1) is 0 Å². The molecule has 0 aliphatic carbocycles. The van der Waals surface area contributed by atoms with Crippen molar-refractivity contribution in [2.24, 2.45) is 0 Å². The first kappa shape index (κ1) is 27.5. The number of urea groups is 1. The zero-order valence-corrected chi connectivity index (χ0v) is 21.4. The summed E-state index contributed by atoms with van der Waals surface area (Å²) in [6.45, 7) is 0.290. The summed E-state index contributed by atoms with van der Waals surface area (Å²) >= 11 is 0. The fourth-order valence-electron chi connectivity index (χ4n) is 3.97. The number of benzene rings is 3. The highest BCUT2D eigenvalue weighted by atomic mass is 19.4. The highest BCUT2D eigenvalue weighted by Gasteiger charge is 2.35. The summed E-state index contributed by atoms with van der Waals surface area (Å²) in [4.78, 5) is 19.9. The predicted octanol–water partition coefficient (Wildman–Crippen LogP) is 8.10. The molecule has 0 radical (unpaired) electrons. The number of pyridine rings is 1. The Morgan fingerprint density at radius 1 is 0.902 bits per heavy atom. The Morgan fingerprint density at radius 2 is 1.56 bits per heavy atom. The van der Waals surface area contributed by atoms with Gasteiger partial charge >= 0.3 is 12.2 Å². The predicted molar refractivity (Wildman–Crippen MR) is 144 cm³/mol. The second kappa shape index (κ2) is 11.6. The van der Waals surface area contributed by atoms with Gasteiger partial charge in [-0.3, -0.25) is 0 Å². The molecule has 2 amide bonds. The van der Waals surface area contributed by atoms with Gasteiger partial charge < -0.3 is 29.8 Å². The zero-order chi connectivity index (χ0) is 29.0. The number of ether oxygens (including phenoxy) is 3. The summed E-state index contributed by atoms with van der Waals surface area (Å²) in [6.07, 6.45) is -1.37. The van der Waals surface area contributed by atoms with Crippen LogP contribution >= 0.6 is 0 Å². The van der Waals surface area contributed by atoms with Crippen molar-refractivity contribution in [1.82, 2.24) is 9.97 Å². The lowest BCUT2D eigenvalue weighted by molar-refractivity contribution is -0.138. The molecule has 0 aliphatic heterocycles. The number of nitrogens with zero attached hydrogens (tertiary/aromatic N) is 1. The fourth-order valence-corrected chi connectivity index (χ4v) is 3.97. The molecule has 2 heterocycles. The molecule has 0 saturated heterocycles. The largest absolute Gasteiger partial charge is 0.457 e. The summed E-state index contributed by atoms with van der Waals surface area (Å²) in [7, 11) is 1.57. The van der Waals surface area contributed by atoms with Crippen LogP contribution in [-0.4, -0.2) is 23.1 Å². The first-order valence-corrected chi connectivity index (χ1v) is 12.1. The minimum Gasteiger partial charge on any atom is -0.457 e. The lowest BCUT2D eigenvalue weighted by Gasteiger charge is -2.16. The average molecular weight is 567 g/mol. The van der Waals surface area contributed by atoms with Crippen molar-refractivity contribution in [3.8, 4) is 23.0 Å². The van der Waals surface area contributed by atoms with E-state index in [9.17, 15) is 22.4 Å². The van der Waals surface area contributed by atoms with Crippen molar-refractivity contribution in [1.29, 1.82) is 0 Å². The van der Waals surface area contributed by atoms with Crippen LogP contribution in [0.3, 0.4) is 0 Å². The van der Waals surface area contributed by atoms with Crippen LogP contribution in [0.4, 0.5) is 33.7 Å². The highest BCUT2D eigenvalue weighted by molar-refractivity contribution is 5.99. The number of methoxy groups -OCH3 is 1. The molecule has 0 fully saturated rings. The van der Waals surface area contributed by atoms with Gasteiger partial charge in [0.25, 0.3) is 0 Å². The number of aromatic nitrogens is 2. The average Bonchev–Trinajstić information content (AvgIpc) is 3.42. The number of hydrogen-bond donors (Lipinski definition) is 3. The number of halogens is 4. The summed E-state index contributed by atoms with van der Waals surface area (Å²) < 4.78 is 70.9. The molecule has 2 aromatic heterocycles. The second-order valence-corrected chi connectivity index (χ2v) is 8.76. The Bertz CT molecular complexity index is 1670. The molecule has 0 atom stereocenters. The molecule has 41 heavy (non-hydrogen) atoms. The fraction of sp³-hybridized carbons (Fsp3) is 0.103. The Hall–Kier alpha value is -5.10. The summed E-state index contributed by atoms with van der Waals surface area (Å²) in [6, 6.07) is 15.2. The number of alkyl halides is 3. The molecule has 8 nitrogen and oxygen atoms in total. The number of amides is 2. The molecule has 210 valence electrons. The molecule has 5 rings (SSSR count). The van der Waals surface area contributed by atoms with Crippen LogP contribution in [-0.2, 0) is 17.5 Å². The summed E-state index contributed by atoms with van der Waals surface area (Å²) in [5.41, 5.74) is 0.551. The maximum absolute atomic E-state index is 13.7. The number of aromatic amines is 1. The number of carbonyl (C=O) groups excluding carboxylic acids is 1. The minimum absolute atomic E-state index is 0.0270. The first-order chi connectivity index (χ1) is 19.7. The smallest absolute Gasteiger partial charge is 0.420 e. The number of anilines is 2. The maximum Gasteiger partial charge on any atom is 0.420 e. The third-order valence-corrected chi connectivity index (χ3v) is 5.83. The van der Waals surface area contributed by atoms with Crippen LogP contribution in [0.1, 0.15) is 11.1 Å². The van der Waals surface area contributed by atoms with Crippen molar-refractivity contribution >= 4 is 28.4 Å². The Kier molecular flexibility index (Phi) is 7.74. The molecular weight excluding hydrogens is 544 g/mol. The Balaban J connectivity index is 1.26. The van der Waals surface area contributed by atoms with E-state index < -0.39 is 29.3 Å². The van der Waals surface area contributed by atoms with E-state index in [-0.39, 0.29) is 11.4 Å². The number of nitrogens with one attached hydrogen (secondary N) is 3. The Labute approximate surface area is 230 Å². The molecule has 12 heteroatoms. The molecule has 0 saturated carbocycles. The van der Waals surface area contributed by atoms with Crippen molar-refractivity contribution in [3.63, 3.8) is 0 Å². The van der Waals surface area contributed by atoms with E-state index in [4.69, 9.17) is 14.2 Å². The van der Waals surface area contributed by atoms with E-state index >= 15 is 0 Å². The maximum atomic E-state index is 13.7. The van der Waals surface area contributed by atoms with Crippen LogP contribution in [0, 0.1) is 5.82 Å². The van der Waals surface area contributed by atoms with Gasteiger partial charge in [0.1, 0.15) is 40.0 Å². The summed E-state index contributed by atoms with van der Waals surface area (Å²) in [5.74, 6) is 0.0336. The second-order valence-electron chi connectivity index (χ2n) is 8.76. The van der Waals surface area contributed by atoms with Crippen LogP contribution < -0.4 is 20.1 Å². The van der Waals surface area contributed by atoms with Gasteiger partial charge in [0.15, 0.2) is 0 Å².